The molecule has 3 heteroatoms. The van der Waals surface area contributed by atoms with Crippen molar-refractivity contribution < 1.29 is 4.74 Å². The summed E-state index contributed by atoms with van der Waals surface area (Å²) in [6.07, 6.45) is 3.34. The Labute approximate surface area is 150 Å². The quantitative estimate of drug-likeness (QED) is 0.720. The molecule has 0 aliphatic carbocycles. The maximum absolute atomic E-state index is 6.31. The third kappa shape index (κ3) is 3.18. The summed E-state index contributed by atoms with van der Waals surface area (Å²) in [6.45, 7) is 2.95. The van der Waals surface area contributed by atoms with Crippen molar-refractivity contribution in [3.05, 3.63) is 64.7 Å². The van der Waals surface area contributed by atoms with Gasteiger partial charge < -0.3 is 9.64 Å². The van der Waals surface area contributed by atoms with Gasteiger partial charge in [-0.15, -0.1) is 0 Å². The second-order valence-corrected chi connectivity index (χ2v) is 7.38. The van der Waals surface area contributed by atoms with Crippen molar-refractivity contribution >= 4 is 11.6 Å². The van der Waals surface area contributed by atoms with Gasteiger partial charge in [0.2, 0.25) is 0 Å². The summed E-state index contributed by atoms with van der Waals surface area (Å²) in [4.78, 5) is 2.33. The summed E-state index contributed by atoms with van der Waals surface area (Å²) in [7, 11) is 4.33. The molecule has 2 atom stereocenters. The topological polar surface area (TPSA) is 12.5 Å². The Kier molecular flexibility index (Phi) is 5.17. The molecule has 0 saturated heterocycles. The maximum Gasteiger partial charge on any atom is 0.123 e. The van der Waals surface area contributed by atoms with Crippen LogP contribution in [-0.2, 0) is 5.41 Å². The molecule has 0 bridgehead atoms. The highest BCUT2D eigenvalue weighted by Crippen LogP contribution is 2.47. The van der Waals surface area contributed by atoms with Crippen LogP contribution in [0.15, 0.2) is 48.5 Å². The second kappa shape index (κ2) is 7.16. The monoisotopic (exact) mass is 343 g/mol. The van der Waals surface area contributed by atoms with Gasteiger partial charge in [-0.3, -0.25) is 0 Å². The van der Waals surface area contributed by atoms with E-state index >= 15 is 0 Å². The van der Waals surface area contributed by atoms with Gasteiger partial charge in [-0.05, 0) is 57.1 Å². The Bertz CT molecular complexity index is 685. The highest BCUT2D eigenvalue weighted by Gasteiger charge is 2.42. The fourth-order valence-corrected chi connectivity index (χ4v) is 4.04. The van der Waals surface area contributed by atoms with Gasteiger partial charge in [0.1, 0.15) is 12.4 Å². The van der Waals surface area contributed by atoms with E-state index in [0.717, 1.165) is 30.0 Å². The van der Waals surface area contributed by atoms with Crippen LogP contribution in [0.1, 0.15) is 37.3 Å². The largest absolute Gasteiger partial charge is 0.492 e. The molecule has 24 heavy (non-hydrogen) atoms. The van der Waals surface area contributed by atoms with E-state index in [1.54, 1.807) is 0 Å². The average molecular weight is 344 g/mol. The van der Waals surface area contributed by atoms with Crippen molar-refractivity contribution in [2.75, 3.05) is 20.7 Å². The molecule has 0 amide bonds. The minimum atomic E-state index is -0.106. The molecule has 1 heterocycles. The van der Waals surface area contributed by atoms with Crippen molar-refractivity contribution in [2.45, 2.75) is 37.6 Å². The lowest BCUT2D eigenvalue weighted by Gasteiger charge is -2.32. The number of rotatable bonds is 6. The molecule has 0 radical (unpaired) electrons. The Morgan fingerprint density at radius 3 is 2.58 bits per heavy atom. The Hall–Kier alpha value is -1.51. The number of nitrogens with zero attached hydrogens (tertiary/aromatic N) is 1. The van der Waals surface area contributed by atoms with Gasteiger partial charge in [-0.2, -0.15) is 0 Å². The lowest BCUT2D eigenvalue weighted by Crippen LogP contribution is -2.34. The van der Waals surface area contributed by atoms with Crippen LogP contribution in [0.5, 0.6) is 5.75 Å². The predicted molar refractivity (Wildman–Crippen MR) is 101 cm³/mol. The molecule has 2 nitrogen and oxygen atoms in total. The normalized spacial score (nSPS) is 20.7. The van der Waals surface area contributed by atoms with E-state index in [1.807, 2.05) is 12.1 Å². The van der Waals surface area contributed by atoms with Gasteiger partial charge >= 0.3 is 0 Å². The fourth-order valence-electron chi connectivity index (χ4n) is 3.87. The number of ether oxygens (including phenoxy) is 1. The first-order chi connectivity index (χ1) is 11.6. The summed E-state index contributed by atoms with van der Waals surface area (Å²) >= 11 is 6.31. The van der Waals surface area contributed by atoms with E-state index < -0.39 is 0 Å². The summed E-state index contributed by atoms with van der Waals surface area (Å²) in [5, 5.41) is 0.777. The number of fused-ring (bicyclic) bond motifs is 1. The molecule has 3 rings (SSSR count). The van der Waals surface area contributed by atoms with Crippen molar-refractivity contribution in [3.8, 4) is 5.75 Å². The Morgan fingerprint density at radius 2 is 1.92 bits per heavy atom. The highest BCUT2D eigenvalue weighted by molar-refractivity contribution is 6.30. The first-order valence-electron chi connectivity index (χ1n) is 8.71. The van der Waals surface area contributed by atoms with Gasteiger partial charge in [-0.25, -0.2) is 0 Å². The standard InChI is InChI=1S/C21H26ClNO/c1-4-18(23(2)3)12-13-21(16-8-6-5-7-9-16)15-24-20-11-10-17(22)14-19(20)21/h5-11,14,18H,4,12-13,15H2,1-3H3. The second-order valence-electron chi connectivity index (χ2n) is 6.94. The Morgan fingerprint density at radius 1 is 1.17 bits per heavy atom. The molecular weight excluding hydrogens is 318 g/mol. The fraction of sp³-hybridized carbons (Fsp3) is 0.429. The van der Waals surface area contributed by atoms with Gasteiger partial charge in [0.25, 0.3) is 0 Å². The zero-order valence-corrected chi connectivity index (χ0v) is 15.5. The molecule has 0 saturated carbocycles. The summed E-state index contributed by atoms with van der Waals surface area (Å²) in [5.74, 6) is 0.973. The van der Waals surface area contributed by atoms with Crippen LogP contribution in [0.25, 0.3) is 0 Å². The summed E-state index contributed by atoms with van der Waals surface area (Å²) < 4.78 is 6.08. The van der Waals surface area contributed by atoms with Crippen molar-refractivity contribution in [1.29, 1.82) is 0 Å². The number of hydrogen-bond donors (Lipinski definition) is 0. The predicted octanol–water partition coefficient (Wildman–Crippen LogP) is 5.14. The maximum atomic E-state index is 6.31. The lowest BCUT2D eigenvalue weighted by atomic mass is 9.72. The lowest BCUT2D eigenvalue weighted by molar-refractivity contribution is 0.229. The van der Waals surface area contributed by atoms with Crippen molar-refractivity contribution in [1.82, 2.24) is 4.90 Å². The molecule has 0 aromatic heterocycles. The van der Waals surface area contributed by atoms with E-state index in [2.05, 4.69) is 62.3 Å². The summed E-state index contributed by atoms with van der Waals surface area (Å²) in [5.41, 5.74) is 2.44. The minimum absolute atomic E-state index is 0.106. The van der Waals surface area contributed by atoms with E-state index in [1.165, 1.54) is 11.1 Å². The van der Waals surface area contributed by atoms with E-state index in [4.69, 9.17) is 16.3 Å². The van der Waals surface area contributed by atoms with Crippen molar-refractivity contribution in [3.63, 3.8) is 0 Å². The molecule has 0 N–H and O–H groups in total. The zero-order chi connectivity index (χ0) is 17.2. The van der Waals surface area contributed by atoms with Crippen LogP contribution in [0.3, 0.4) is 0 Å². The molecule has 128 valence electrons. The van der Waals surface area contributed by atoms with E-state index in [0.29, 0.717) is 12.6 Å². The van der Waals surface area contributed by atoms with Gasteiger partial charge in [0.15, 0.2) is 0 Å². The minimum Gasteiger partial charge on any atom is -0.492 e. The third-order valence-electron chi connectivity index (χ3n) is 5.36. The first-order valence-corrected chi connectivity index (χ1v) is 9.09. The molecule has 1 aliphatic heterocycles. The van der Waals surface area contributed by atoms with Crippen LogP contribution in [-0.4, -0.2) is 31.6 Å². The van der Waals surface area contributed by atoms with E-state index in [9.17, 15) is 0 Å². The number of hydrogen-bond acceptors (Lipinski definition) is 2. The van der Waals surface area contributed by atoms with Crippen LogP contribution in [0, 0.1) is 0 Å². The molecule has 0 fully saturated rings. The summed E-state index contributed by atoms with van der Waals surface area (Å²) in [6, 6.07) is 17.3. The molecule has 2 unspecified atom stereocenters. The van der Waals surface area contributed by atoms with E-state index in [-0.39, 0.29) is 5.41 Å². The molecular formula is C21H26ClNO. The smallest absolute Gasteiger partial charge is 0.123 e. The molecule has 1 aliphatic rings. The number of benzene rings is 2. The third-order valence-corrected chi connectivity index (χ3v) is 5.60. The molecule has 0 spiro atoms. The average Bonchev–Trinajstić information content (AvgIpc) is 2.95. The van der Waals surface area contributed by atoms with Crippen LogP contribution >= 0.6 is 11.6 Å². The molecule has 2 aromatic rings. The van der Waals surface area contributed by atoms with Crippen LogP contribution in [0.4, 0.5) is 0 Å². The highest BCUT2D eigenvalue weighted by atomic mass is 35.5. The SMILES string of the molecule is CCC(CCC1(c2ccccc2)COc2ccc(Cl)cc21)N(C)C. The molecule has 2 aromatic carbocycles. The van der Waals surface area contributed by atoms with Gasteiger partial charge in [0, 0.05) is 16.6 Å². The van der Waals surface area contributed by atoms with Gasteiger partial charge in [-0.1, -0.05) is 48.9 Å². The number of halogens is 1. The zero-order valence-electron chi connectivity index (χ0n) is 14.8. The van der Waals surface area contributed by atoms with Crippen LogP contribution in [0.2, 0.25) is 5.02 Å². The van der Waals surface area contributed by atoms with Crippen molar-refractivity contribution in [2.24, 2.45) is 0 Å². The first kappa shape index (κ1) is 17.3. The van der Waals surface area contributed by atoms with Gasteiger partial charge in [0.05, 0.1) is 5.41 Å². The van der Waals surface area contributed by atoms with Crippen LogP contribution < -0.4 is 4.74 Å². The Balaban J connectivity index is 2.00.